The SMILES string of the molecule is CCOC(=O)c1n[nH]nc1-c1ccc(C(=O)NCCO)cc1. The van der Waals surface area contributed by atoms with E-state index in [-0.39, 0.29) is 31.4 Å². The van der Waals surface area contributed by atoms with Crippen LogP contribution in [0.15, 0.2) is 24.3 Å². The fourth-order valence-corrected chi connectivity index (χ4v) is 1.82. The number of nitrogens with zero attached hydrogens (tertiary/aromatic N) is 2. The molecular formula is C14H16N4O4. The molecule has 8 nitrogen and oxygen atoms in total. The molecule has 0 fully saturated rings. The number of carbonyl (C=O) groups excluding carboxylic acids is 2. The largest absolute Gasteiger partial charge is 0.461 e. The van der Waals surface area contributed by atoms with Crippen molar-refractivity contribution >= 4 is 11.9 Å². The van der Waals surface area contributed by atoms with E-state index in [1.807, 2.05) is 0 Å². The Kier molecular flexibility index (Phi) is 5.21. The first-order valence-corrected chi connectivity index (χ1v) is 6.74. The van der Waals surface area contributed by atoms with Gasteiger partial charge in [0.15, 0.2) is 5.69 Å². The summed E-state index contributed by atoms with van der Waals surface area (Å²) in [6.45, 7) is 2.02. The number of aromatic amines is 1. The highest BCUT2D eigenvalue weighted by molar-refractivity contribution is 5.96. The number of rotatable bonds is 6. The molecule has 0 spiro atoms. The van der Waals surface area contributed by atoms with Crippen molar-refractivity contribution in [2.24, 2.45) is 0 Å². The molecule has 0 saturated heterocycles. The lowest BCUT2D eigenvalue weighted by Crippen LogP contribution is -2.26. The molecule has 1 amide bonds. The van der Waals surface area contributed by atoms with Gasteiger partial charge in [-0.3, -0.25) is 4.79 Å². The van der Waals surface area contributed by atoms with E-state index in [1.165, 1.54) is 0 Å². The maximum atomic E-state index is 11.8. The van der Waals surface area contributed by atoms with Gasteiger partial charge in [-0.2, -0.15) is 10.3 Å². The summed E-state index contributed by atoms with van der Waals surface area (Å²) in [4.78, 5) is 23.5. The fraction of sp³-hybridized carbons (Fsp3) is 0.286. The summed E-state index contributed by atoms with van der Waals surface area (Å²) in [5.41, 5.74) is 1.54. The predicted octanol–water partition coefficient (Wildman–Crippen LogP) is 0.370. The molecule has 0 aliphatic carbocycles. The molecule has 2 aromatic rings. The Bertz CT molecular complexity index is 651. The maximum Gasteiger partial charge on any atom is 0.361 e. The van der Waals surface area contributed by atoms with E-state index in [0.717, 1.165) is 0 Å². The molecule has 3 N–H and O–H groups in total. The van der Waals surface area contributed by atoms with E-state index < -0.39 is 5.97 Å². The summed E-state index contributed by atoms with van der Waals surface area (Å²) in [6.07, 6.45) is 0. The number of aromatic nitrogens is 3. The Hall–Kier alpha value is -2.74. The van der Waals surface area contributed by atoms with Crippen LogP contribution in [0.25, 0.3) is 11.3 Å². The lowest BCUT2D eigenvalue weighted by atomic mass is 10.1. The molecule has 1 aromatic carbocycles. The van der Waals surface area contributed by atoms with Crippen LogP contribution in [0.4, 0.5) is 0 Å². The monoisotopic (exact) mass is 304 g/mol. The fourth-order valence-electron chi connectivity index (χ4n) is 1.82. The Labute approximate surface area is 126 Å². The van der Waals surface area contributed by atoms with Crippen LogP contribution in [0, 0.1) is 0 Å². The number of hydrogen-bond donors (Lipinski definition) is 3. The molecule has 116 valence electrons. The molecule has 1 aromatic heterocycles. The average Bonchev–Trinajstić information content (AvgIpc) is 3.02. The lowest BCUT2D eigenvalue weighted by Gasteiger charge is -2.04. The maximum absolute atomic E-state index is 11.8. The molecule has 0 aliphatic rings. The van der Waals surface area contributed by atoms with Gasteiger partial charge in [0.1, 0.15) is 5.69 Å². The van der Waals surface area contributed by atoms with E-state index in [9.17, 15) is 9.59 Å². The van der Waals surface area contributed by atoms with Crippen LogP contribution in [-0.2, 0) is 4.74 Å². The third kappa shape index (κ3) is 3.47. The normalized spacial score (nSPS) is 10.3. The minimum absolute atomic E-state index is 0.0966. The van der Waals surface area contributed by atoms with Crippen LogP contribution in [0.5, 0.6) is 0 Å². The van der Waals surface area contributed by atoms with E-state index in [1.54, 1.807) is 31.2 Å². The quantitative estimate of drug-likeness (QED) is 0.664. The van der Waals surface area contributed by atoms with Crippen LogP contribution >= 0.6 is 0 Å². The molecule has 8 heteroatoms. The van der Waals surface area contributed by atoms with Gasteiger partial charge in [-0.1, -0.05) is 12.1 Å². The van der Waals surface area contributed by atoms with Crippen LogP contribution < -0.4 is 5.32 Å². The van der Waals surface area contributed by atoms with Gasteiger partial charge in [0.05, 0.1) is 13.2 Å². The summed E-state index contributed by atoms with van der Waals surface area (Å²) < 4.78 is 4.91. The Morgan fingerprint density at radius 1 is 1.27 bits per heavy atom. The van der Waals surface area contributed by atoms with E-state index in [4.69, 9.17) is 9.84 Å². The second kappa shape index (κ2) is 7.32. The number of benzene rings is 1. The number of nitrogens with one attached hydrogen (secondary N) is 2. The van der Waals surface area contributed by atoms with Gasteiger partial charge in [-0.05, 0) is 19.1 Å². The average molecular weight is 304 g/mol. The summed E-state index contributed by atoms with van der Waals surface area (Å²) in [7, 11) is 0. The molecule has 0 radical (unpaired) electrons. The molecule has 0 saturated carbocycles. The van der Waals surface area contributed by atoms with Crippen LogP contribution in [0.2, 0.25) is 0 Å². The standard InChI is InChI=1S/C14H16N4O4/c1-2-22-14(21)12-11(16-18-17-12)9-3-5-10(6-4-9)13(20)15-7-8-19/h3-6,19H,2,7-8H2,1H3,(H,15,20)(H,16,17,18). The van der Waals surface area contributed by atoms with Crippen molar-refractivity contribution in [1.29, 1.82) is 0 Å². The Morgan fingerprint density at radius 2 is 2.00 bits per heavy atom. The molecule has 0 atom stereocenters. The molecular weight excluding hydrogens is 288 g/mol. The van der Waals surface area contributed by atoms with Gasteiger partial charge >= 0.3 is 5.97 Å². The summed E-state index contributed by atoms with van der Waals surface area (Å²) in [5.74, 6) is -0.845. The number of carbonyl (C=O) groups is 2. The number of ether oxygens (including phenoxy) is 1. The van der Waals surface area contributed by atoms with Crippen molar-refractivity contribution < 1.29 is 19.4 Å². The zero-order chi connectivity index (χ0) is 15.9. The van der Waals surface area contributed by atoms with Crippen LogP contribution in [0.1, 0.15) is 27.8 Å². The third-order valence-corrected chi connectivity index (χ3v) is 2.83. The van der Waals surface area contributed by atoms with Crippen molar-refractivity contribution in [2.75, 3.05) is 19.8 Å². The third-order valence-electron chi connectivity index (χ3n) is 2.83. The van der Waals surface area contributed by atoms with Crippen molar-refractivity contribution in [3.8, 4) is 11.3 Å². The number of amides is 1. The molecule has 0 bridgehead atoms. The molecule has 2 rings (SSSR count). The first-order valence-electron chi connectivity index (χ1n) is 6.74. The number of hydrogen-bond acceptors (Lipinski definition) is 6. The van der Waals surface area contributed by atoms with Gasteiger partial charge in [0.2, 0.25) is 0 Å². The van der Waals surface area contributed by atoms with Crippen molar-refractivity contribution in [3.05, 3.63) is 35.5 Å². The van der Waals surface area contributed by atoms with Crippen molar-refractivity contribution in [2.45, 2.75) is 6.92 Å². The minimum atomic E-state index is -0.559. The van der Waals surface area contributed by atoms with E-state index in [0.29, 0.717) is 16.8 Å². The second-order valence-electron chi connectivity index (χ2n) is 4.30. The Morgan fingerprint density at radius 3 is 2.64 bits per heavy atom. The highest BCUT2D eigenvalue weighted by Gasteiger charge is 2.19. The minimum Gasteiger partial charge on any atom is -0.461 e. The highest BCUT2D eigenvalue weighted by Crippen LogP contribution is 2.20. The number of aliphatic hydroxyl groups is 1. The topological polar surface area (TPSA) is 117 Å². The van der Waals surface area contributed by atoms with Gasteiger partial charge in [-0.15, -0.1) is 5.10 Å². The van der Waals surface area contributed by atoms with Crippen molar-refractivity contribution in [3.63, 3.8) is 0 Å². The summed E-state index contributed by atoms with van der Waals surface area (Å²) >= 11 is 0. The lowest BCUT2D eigenvalue weighted by molar-refractivity contribution is 0.0520. The molecule has 0 unspecified atom stereocenters. The molecule has 1 heterocycles. The second-order valence-corrected chi connectivity index (χ2v) is 4.30. The van der Waals surface area contributed by atoms with Crippen LogP contribution in [-0.4, -0.2) is 52.2 Å². The zero-order valence-electron chi connectivity index (χ0n) is 12.0. The van der Waals surface area contributed by atoms with Gasteiger partial charge in [0, 0.05) is 17.7 Å². The summed E-state index contributed by atoms with van der Waals surface area (Å²) in [5, 5.41) is 21.4. The number of aliphatic hydroxyl groups excluding tert-OH is 1. The number of H-pyrrole nitrogens is 1. The zero-order valence-corrected chi connectivity index (χ0v) is 12.0. The van der Waals surface area contributed by atoms with Gasteiger partial charge < -0.3 is 15.2 Å². The summed E-state index contributed by atoms with van der Waals surface area (Å²) in [6, 6.07) is 6.53. The number of esters is 1. The smallest absolute Gasteiger partial charge is 0.361 e. The van der Waals surface area contributed by atoms with Gasteiger partial charge in [-0.25, -0.2) is 4.79 Å². The molecule has 22 heavy (non-hydrogen) atoms. The highest BCUT2D eigenvalue weighted by atomic mass is 16.5. The predicted molar refractivity (Wildman–Crippen MR) is 77.2 cm³/mol. The molecule has 0 aliphatic heterocycles. The van der Waals surface area contributed by atoms with E-state index in [2.05, 4.69) is 20.7 Å². The first kappa shape index (κ1) is 15.6. The van der Waals surface area contributed by atoms with Crippen molar-refractivity contribution in [1.82, 2.24) is 20.7 Å². The van der Waals surface area contributed by atoms with Gasteiger partial charge in [0.25, 0.3) is 5.91 Å². The Balaban J connectivity index is 2.19. The first-order chi connectivity index (χ1) is 10.7. The van der Waals surface area contributed by atoms with Crippen LogP contribution in [0.3, 0.4) is 0 Å². The van der Waals surface area contributed by atoms with E-state index >= 15 is 0 Å².